The molecule has 1 aliphatic rings. The molecule has 1 nitrogen and oxygen atoms in total. The Hall–Kier alpha value is -0.480. The number of nitrogens with one attached hydrogen (secondary N) is 1. The van der Waals surface area contributed by atoms with Gasteiger partial charge in [0.15, 0.2) is 0 Å². The molecular weight excluding hydrogens is 264 g/mol. The predicted octanol–water partition coefficient (Wildman–Crippen LogP) is 3.46. The summed E-state index contributed by atoms with van der Waals surface area (Å²) in [5.41, 5.74) is 0.659. The number of benzene rings is 1. The first kappa shape index (κ1) is 11.0. The lowest BCUT2D eigenvalue weighted by molar-refractivity contribution is 0.500. The summed E-state index contributed by atoms with van der Waals surface area (Å²) in [4.78, 5) is 0. The minimum Gasteiger partial charge on any atom is -0.310 e. The fraction of sp³-hybridized carbons (Fsp3) is 0.455. The Bertz CT molecular complexity index is 360. The van der Waals surface area contributed by atoms with Crippen molar-refractivity contribution in [1.29, 1.82) is 0 Å². The fourth-order valence-electron chi connectivity index (χ4n) is 1.99. The van der Waals surface area contributed by atoms with Gasteiger partial charge in [-0.3, -0.25) is 0 Å². The average molecular weight is 276 g/mol. The van der Waals surface area contributed by atoms with Gasteiger partial charge in [-0.1, -0.05) is 0 Å². The summed E-state index contributed by atoms with van der Waals surface area (Å²) in [7, 11) is 0. The summed E-state index contributed by atoms with van der Waals surface area (Å²) in [6.07, 6.45) is 1.76. The van der Waals surface area contributed by atoms with Crippen LogP contribution < -0.4 is 5.32 Å². The van der Waals surface area contributed by atoms with Crippen LogP contribution in [-0.4, -0.2) is 6.54 Å². The van der Waals surface area contributed by atoms with E-state index in [9.17, 15) is 8.78 Å². The maximum atomic E-state index is 13.8. The lowest BCUT2D eigenvalue weighted by atomic mass is 10.0. The fourth-order valence-corrected chi connectivity index (χ4v) is 2.55. The minimum absolute atomic E-state index is 0.179. The van der Waals surface area contributed by atoms with E-state index in [1.165, 1.54) is 6.07 Å². The molecule has 0 radical (unpaired) electrons. The van der Waals surface area contributed by atoms with Gasteiger partial charge in [-0.05, 0) is 53.9 Å². The van der Waals surface area contributed by atoms with Crippen molar-refractivity contribution < 1.29 is 8.78 Å². The first-order chi connectivity index (χ1) is 7.11. The number of halogens is 3. The van der Waals surface area contributed by atoms with Crippen LogP contribution in [0.25, 0.3) is 0 Å². The van der Waals surface area contributed by atoms with Gasteiger partial charge in [0.05, 0.1) is 4.47 Å². The first-order valence-corrected chi connectivity index (χ1v) is 5.78. The molecule has 1 atom stereocenters. The highest BCUT2D eigenvalue weighted by molar-refractivity contribution is 9.10. The molecule has 1 aliphatic heterocycles. The zero-order valence-electron chi connectivity index (χ0n) is 8.41. The van der Waals surface area contributed by atoms with Crippen LogP contribution in [0.2, 0.25) is 0 Å². The van der Waals surface area contributed by atoms with E-state index in [-0.39, 0.29) is 11.6 Å². The van der Waals surface area contributed by atoms with Gasteiger partial charge in [0.1, 0.15) is 11.6 Å². The smallest absolute Gasteiger partial charge is 0.145 e. The van der Waals surface area contributed by atoms with Crippen molar-refractivity contribution in [3.8, 4) is 0 Å². The number of rotatable bonds is 1. The molecule has 1 aromatic carbocycles. The van der Waals surface area contributed by atoms with E-state index in [4.69, 9.17) is 0 Å². The van der Waals surface area contributed by atoms with Crippen LogP contribution in [0, 0.1) is 18.6 Å². The molecule has 1 unspecified atom stereocenters. The molecule has 82 valence electrons. The van der Waals surface area contributed by atoms with Crippen LogP contribution in [-0.2, 0) is 0 Å². The number of hydrogen-bond acceptors (Lipinski definition) is 1. The van der Waals surface area contributed by atoms with Crippen molar-refractivity contribution >= 4 is 15.9 Å². The Kier molecular flexibility index (Phi) is 3.07. The molecular formula is C11H12BrF2N. The molecule has 1 heterocycles. The Morgan fingerprint density at radius 3 is 2.73 bits per heavy atom. The molecule has 15 heavy (non-hydrogen) atoms. The largest absolute Gasteiger partial charge is 0.310 e. The van der Waals surface area contributed by atoms with Crippen LogP contribution in [0.3, 0.4) is 0 Å². The third-order valence-corrected chi connectivity index (χ3v) is 3.36. The second kappa shape index (κ2) is 4.18. The summed E-state index contributed by atoms with van der Waals surface area (Å²) in [5, 5.41) is 3.11. The van der Waals surface area contributed by atoms with E-state index in [1.54, 1.807) is 6.92 Å². The Labute approximate surface area is 96.0 Å². The summed E-state index contributed by atoms with van der Waals surface area (Å²) in [5.74, 6) is -0.896. The average Bonchev–Trinajstić information content (AvgIpc) is 2.69. The maximum Gasteiger partial charge on any atom is 0.145 e. The number of aryl methyl sites for hydroxylation is 1. The summed E-state index contributed by atoms with van der Waals surface area (Å²) < 4.78 is 27.9. The third-order valence-electron chi connectivity index (χ3n) is 2.78. The van der Waals surface area contributed by atoms with Crippen LogP contribution in [0.4, 0.5) is 8.78 Å². The van der Waals surface area contributed by atoms with Crippen molar-refractivity contribution in [3.05, 3.63) is 33.3 Å². The van der Waals surface area contributed by atoms with Crippen molar-refractivity contribution in [2.75, 3.05) is 6.54 Å². The SMILES string of the molecule is Cc1cc(Br)c(F)c(C2CCCN2)c1F. The molecule has 1 saturated heterocycles. The van der Waals surface area contributed by atoms with Gasteiger partial charge >= 0.3 is 0 Å². The Morgan fingerprint density at radius 1 is 1.40 bits per heavy atom. The second-order valence-electron chi connectivity index (χ2n) is 3.87. The Morgan fingerprint density at radius 2 is 2.13 bits per heavy atom. The maximum absolute atomic E-state index is 13.8. The predicted molar refractivity (Wildman–Crippen MR) is 58.8 cm³/mol. The van der Waals surface area contributed by atoms with Crippen LogP contribution in [0.1, 0.15) is 30.0 Å². The van der Waals surface area contributed by atoms with Crippen molar-refractivity contribution in [2.24, 2.45) is 0 Å². The van der Waals surface area contributed by atoms with Gasteiger partial charge in [-0.25, -0.2) is 8.78 Å². The van der Waals surface area contributed by atoms with Gasteiger partial charge in [0.2, 0.25) is 0 Å². The highest BCUT2D eigenvalue weighted by Gasteiger charge is 2.25. The van der Waals surface area contributed by atoms with E-state index in [2.05, 4.69) is 21.2 Å². The van der Waals surface area contributed by atoms with E-state index >= 15 is 0 Å². The van der Waals surface area contributed by atoms with Crippen molar-refractivity contribution in [2.45, 2.75) is 25.8 Å². The van der Waals surface area contributed by atoms with Crippen LogP contribution in [0.15, 0.2) is 10.5 Å². The first-order valence-electron chi connectivity index (χ1n) is 4.98. The van der Waals surface area contributed by atoms with Crippen LogP contribution >= 0.6 is 15.9 Å². The van der Waals surface area contributed by atoms with Gasteiger partial charge in [-0.15, -0.1) is 0 Å². The molecule has 0 spiro atoms. The van der Waals surface area contributed by atoms with Crippen LogP contribution in [0.5, 0.6) is 0 Å². The molecule has 1 N–H and O–H groups in total. The normalized spacial score (nSPS) is 20.9. The molecule has 0 saturated carbocycles. The molecule has 4 heteroatoms. The van der Waals surface area contributed by atoms with Gasteiger partial charge in [0, 0.05) is 11.6 Å². The Balaban J connectivity index is 2.52. The molecule has 2 rings (SSSR count). The molecule has 0 bridgehead atoms. The minimum atomic E-state index is -0.475. The zero-order chi connectivity index (χ0) is 11.0. The summed E-state index contributed by atoms with van der Waals surface area (Å²) in [6, 6.07) is 1.30. The van der Waals surface area contributed by atoms with E-state index < -0.39 is 11.6 Å². The van der Waals surface area contributed by atoms with E-state index in [0.29, 0.717) is 10.0 Å². The lowest BCUT2D eigenvalue weighted by Gasteiger charge is -2.15. The van der Waals surface area contributed by atoms with Gasteiger partial charge in [-0.2, -0.15) is 0 Å². The van der Waals surface area contributed by atoms with Crippen molar-refractivity contribution in [3.63, 3.8) is 0 Å². The zero-order valence-corrected chi connectivity index (χ0v) is 10.00. The van der Waals surface area contributed by atoms with Gasteiger partial charge in [0.25, 0.3) is 0 Å². The van der Waals surface area contributed by atoms with E-state index in [1.807, 2.05) is 0 Å². The van der Waals surface area contributed by atoms with Crippen molar-refractivity contribution in [1.82, 2.24) is 5.32 Å². The summed E-state index contributed by atoms with van der Waals surface area (Å²) >= 11 is 3.11. The molecule has 1 aromatic rings. The quantitative estimate of drug-likeness (QED) is 0.774. The second-order valence-corrected chi connectivity index (χ2v) is 4.72. The highest BCUT2D eigenvalue weighted by Crippen LogP contribution is 2.32. The monoisotopic (exact) mass is 275 g/mol. The van der Waals surface area contributed by atoms with E-state index in [0.717, 1.165) is 19.4 Å². The lowest BCUT2D eigenvalue weighted by Crippen LogP contribution is -2.17. The highest BCUT2D eigenvalue weighted by atomic mass is 79.9. The molecule has 0 aliphatic carbocycles. The molecule has 0 amide bonds. The van der Waals surface area contributed by atoms with Gasteiger partial charge < -0.3 is 5.32 Å². The number of hydrogen-bond donors (Lipinski definition) is 1. The third kappa shape index (κ3) is 1.93. The summed E-state index contributed by atoms with van der Waals surface area (Å²) in [6.45, 7) is 2.48. The molecule has 1 fully saturated rings. The molecule has 0 aromatic heterocycles. The topological polar surface area (TPSA) is 12.0 Å². The standard InChI is InChI=1S/C11H12BrF2N/c1-6-5-7(12)11(14)9(10(6)13)8-3-2-4-15-8/h5,8,15H,2-4H2,1H3.